The Kier molecular flexibility index (Phi) is 6.74. The largest absolute Gasteiger partial charge is 0.335 e. The van der Waals surface area contributed by atoms with Gasteiger partial charge in [0.15, 0.2) is 0 Å². The molecule has 1 fully saturated rings. The molecule has 12 rings (SSSR count). The van der Waals surface area contributed by atoms with E-state index in [1.807, 2.05) is 11.3 Å². The molecule has 1 aromatic heterocycles. The minimum Gasteiger partial charge on any atom is -0.335 e. The lowest BCUT2D eigenvalue weighted by Crippen LogP contribution is -2.64. The molecule has 270 valence electrons. The lowest BCUT2D eigenvalue weighted by atomic mass is 9.33. The molecule has 8 aromatic rings. The van der Waals surface area contributed by atoms with E-state index in [2.05, 4.69) is 187 Å². The zero-order chi connectivity index (χ0) is 37.3. The van der Waals surface area contributed by atoms with Crippen molar-refractivity contribution < 1.29 is 0 Å². The number of rotatable bonds is 4. The number of thiophene rings is 1. The van der Waals surface area contributed by atoms with Crippen LogP contribution in [0.3, 0.4) is 0 Å². The summed E-state index contributed by atoms with van der Waals surface area (Å²) in [7, 11) is 0. The Morgan fingerprint density at radius 3 is 2.11 bits per heavy atom. The summed E-state index contributed by atoms with van der Waals surface area (Å²) in [5, 5.41) is 2.66. The Morgan fingerprint density at radius 1 is 0.589 bits per heavy atom. The van der Waals surface area contributed by atoms with E-state index in [0.717, 1.165) is 17.1 Å². The molecule has 1 aliphatic carbocycles. The van der Waals surface area contributed by atoms with Gasteiger partial charge in [0.25, 0.3) is 6.71 Å². The molecule has 2 unspecified atom stereocenters. The van der Waals surface area contributed by atoms with Gasteiger partial charge in [0.2, 0.25) is 0 Å². The summed E-state index contributed by atoms with van der Waals surface area (Å²) >= 11 is 1.90. The summed E-state index contributed by atoms with van der Waals surface area (Å²) in [6, 6.07) is 57.2. The second-order valence-corrected chi connectivity index (χ2v) is 18.0. The maximum Gasteiger partial charge on any atom is 0.252 e. The zero-order valence-electron chi connectivity index (χ0n) is 32.1. The molecule has 4 aliphatic rings. The lowest BCUT2D eigenvalue weighted by Gasteiger charge is -2.52. The van der Waals surface area contributed by atoms with Crippen LogP contribution in [0.15, 0.2) is 152 Å². The number of hydrogen-bond donors (Lipinski definition) is 0. The van der Waals surface area contributed by atoms with Gasteiger partial charge < -0.3 is 14.7 Å². The summed E-state index contributed by atoms with van der Waals surface area (Å²) in [4.78, 5) is 7.84. The van der Waals surface area contributed by atoms with Gasteiger partial charge in [-0.25, -0.2) is 0 Å². The first-order valence-electron chi connectivity index (χ1n) is 20.3. The number of anilines is 8. The highest BCUT2D eigenvalue weighted by Gasteiger charge is 2.61. The summed E-state index contributed by atoms with van der Waals surface area (Å²) in [6.45, 7) is 7.56. The SMILES string of the molecule is Cc1cc2c3c(c1)N1c4c(cccc4C4(C)CCCCC14C)B3c1ccc(N(c3ccccc3)c3ccccc3)cc1N2c1ccc2c(c1)sc1ccccc12. The van der Waals surface area contributed by atoms with Crippen molar-refractivity contribution in [3.05, 3.63) is 163 Å². The van der Waals surface area contributed by atoms with Crippen molar-refractivity contribution in [3.8, 4) is 0 Å². The Balaban J connectivity index is 1.16. The molecule has 3 nitrogen and oxygen atoms in total. The highest BCUT2D eigenvalue weighted by molar-refractivity contribution is 7.25. The molecule has 4 heterocycles. The Morgan fingerprint density at radius 2 is 1.30 bits per heavy atom. The monoisotopic (exact) mass is 739 g/mol. The number of para-hydroxylation sites is 3. The molecule has 2 atom stereocenters. The average Bonchev–Trinajstić information content (AvgIpc) is 3.70. The van der Waals surface area contributed by atoms with E-state index in [9.17, 15) is 0 Å². The second kappa shape index (κ2) is 11.6. The van der Waals surface area contributed by atoms with Crippen molar-refractivity contribution in [2.45, 2.75) is 57.4 Å². The molecule has 0 spiro atoms. The van der Waals surface area contributed by atoms with Crippen LogP contribution < -0.4 is 31.1 Å². The van der Waals surface area contributed by atoms with Crippen LogP contribution in [0.2, 0.25) is 0 Å². The van der Waals surface area contributed by atoms with Gasteiger partial charge in [-0.2, -0.15) is 0 Å². The second-order valence-electron chi connectivity index (χ2n) is 16.9. The fourth-order valence-electron chi connectivity index (χ4n) is 11.3. The molecule has 7 aromatic carbocycles. The number of fused-ring (bicyclic) bond motifs is 10. The van der Waals surface area contributed by atoms with Crippen LogP contribution in [-0.2, 0) is 5.41 Å². The van der Waals surface area contributed by atoms with Crippen molar-refractivity contribution in [1.29, 1.82) is 0 Å². The molecule has 0 saturated heterocycles. The van der Waals surface area contributed by atoms with Gasteiger partial charge in [-0.15, -0.1) is 11.3 Å². The third-order valence-electron chi connectivity index (χ3n) is 14.0. The molecular formula is C51H42BN3S. The molecule has 56 heavy (non-hydrogen) atoms. The molecule has 0 amide bonds. The van der Waals surface area contributed by atoms with Crippen molar-refractivity contribution >= 4 is 100 Å². The molecule has 0 radical (unpaired) electrons. The van der Waals surface area contributed by atoms with Crippen LogP contribution in [0.5, 0.6) is 0 Å². The average molecular weight is 740 g/mol. The minimum atomic E-state index is 0.00698. The van der Waals surface area contributed by atoms with Crippen molar-refractivity contribution in [2.24, 2.45) is 0 Å². The predicted octanol–water partition coefficient (Wildman–Crippen LogP) is 12.2. The van der Waals surface area contributed by atoms with Crippen molar-refractivity contribution in [3.63, 3.8) is 0 Å². The fraction of sp³-hybridized carbons (Fsp3) is 0.176. The fourth-order valence-corrected chi connectivity index (χ4v) is 12.4. The Labute approximate surface area is 333 Å². The predicted molar refractivity (Wildman–Crippen MR) is 241 cm³/mol. The minimum absolute atomic E-state index is 0.00698. The van der Waals surface area contributed by atoms with E-state index >= 15 is 0 Å². The quantitative estimate of drug-likeness (QED) is 0.166. The maximum absolute atomic E-state index is 2.83. The molecular weight excluding hydrogens is 697 g/mol. The topological polar surface area (TPSA) is 9.72 Å². The van der Waals surface area contributed by atoms with Crippen LogP contribution >= 0.6 is 11.3 Å². The third-order valence-corrected chi connectivity index (χ3v) is 15.1. The van der Waals surface area contributed by atoms with Gasteiger partial charge in [0.05, 0.1) is 5.54 Å². The van der Waals surface area contributed by atoms with Crippen molar-refractivity contribution in [1.82, 2.24) is 0 Å². The summed E-state index contributed by atoms with van der Waals surface area (Å²) in [5.41, 5.74) is 17.2. The van der Waals surface area contributed by atoms with Gasteiger partial charge in [-0.05, 0) is 121 Å². The van der Waals surface area contributed by atoms with Crippen LogP contribution in [0, 0.1) is 6.92 Å². The van der Waals surface area contributed by atoms with Gasteiger partial charge in [0, 0.05) is 71.1 Å². The van der Waals surface area contributed by atoms with E-state index in [0.29, 0.717) is 0 Å². The van der Waals surface area contributed by atoms with Gasteiger partial charge >= 0.3 is 0 Å². The van der Waals surface area contributed by atoms with Crippen LogP contribution in [-0.4, -0.2) is 12.3 Å². The number of hydrogen-bond acceptors (Lipinski definition) is 4. The van der Waals surface area contributed by atoms with E-state index in [-0.39, 0.29) is 17.7 Å². The molecule has 1 saturated carbocycles. The third kappa shape index (κ3) is 4.24. The smallest absolute Gasteiger partial charge is 0.252 e. The highest BCUT2D eigenvalue weighted by atomic mass is 32.1. The summed E-state index contributed by atoms with van der Waals surface area (Å²) in [5.74, 6) is 0. The van der Waals surface area contributed by atoms with Gasteiger partial charge in [0.1, 0.15) is 0 Å². The maximum atomic E-state index is 2.83. The van der Waals surface area contributed by atoms with Crippen LogP contribution in [0.4, 0.5) is 45.5 Å². The summed E-state index contributed by atoms with van der Waals surface area (Å²) in [6.07, 6.45) is 4.99. The van der Waals surface area contributed by atoms with Crippen LogP contribution in [0.25, 0.3) is 20.2 Å². The number of benzene rings is 7. The van der Waals surface area contributed by atoms with Gasteiger partial charge in [-0.3, -0.25) is 0 Å². The molecule has 0 N–H and O–H groups in total. The zero-order valence-corrected chi connectivity index (χ0v) is 32.9. The van der Waals surface area contributed by atoms with Gasteiger partial charge in [-0.1, -0.05) is 105 Å². The molecule has 0 bridgehead atoms. The normalized spacial score (nSPS) is 20.2. The summed E-state index contributed by atoms with van der Waals surface area (Å²) < 4.78 is 2.65. The van der Waals surface area contributed by atoms with Crippen molar-refractivity contribution in [2.75, 3.05) is 14.7 Å². The Hall–Kier alpha value is -5.78. The Bertz CT molecular complexity index is 2860. The molecule has 3 aliphatic heterocycles. The first kappa shape index (κ1) is 32.5. The van der Waals surface area contributed by atoms with E-state index in [1.54, 1.807) is 5.56 Å². The number of nitrogens with zero attached hydrogens (tertiary/aromatic N) is 3. The first-order chi connectivity index (χ1) is 27.4. The number of aryl methyl sites for hydroxylation is 1. The van der Waals surface area contributed by atoms with Crippen LogP contribution in [0.1, 0.15) is 50.7 Å². The first-order valence-corrected chi connectivity index (χ1v) is 21.1. The molecule has 5 heteroatoms. The van der Waals surface area contributed by atoms with E-state index < -0.39 is 0 Å². The lowest BCUT2D eigenvalue weighted by molar-refractivity contribution is 0.195. The van der Waals surface area contributed by atoms with E-state index in [4.69, 9.17) is 0 Å². The highest BCUT2D eigenvalue weighted by Crippen LogP contribution is 2.61. The standard InChI is InChI=1S/C51H42BN3S/c1-33-29-44-48-45(30-33)55-49-40(50(2)27-12-13-28-51(50,55)3)20-14-21-42(49)52(48)41-26-24-36(53(34-15-6-4-7-16-34)35-17-8-5-9-18-35)31-43(41)54(44)37-23-25-39-38-19-10-11-22-46(38)56-47(39)32-37/h4-11,14-26,29-32H,12-13,27-28H2,1-3H3. The van der Waals surface area contributed by atoms with E-state index in [1.165, 1.54) is 96.2 Å².